The number of ketones is 1. The topological polar surface area (TPSA) is 72.5 Å². The molecule has 1 aliphatic heterocycles. The fourth-order valence-corrected chi connectivity index (χ4v) is 2.62. The minimum atomic E-state index is -0.579. The third kappa shape index (κ3) is 5.20. The fourth-order valence-electron chi connectivity index (χ4n) is 2.62. The lowest BCUT2D eigenvalue weighted by molar-refractivity contribution is -0.144. The van der Waals surface area contributed by atoms with E-state index in [1.54, 1.807) is 0 Å². The van der Waals surface area contributed by atoms with Crippen molar-refractivity contribution in [2.45, 2.75) is 57.6 Å². The molecule has 0 unspecified atom stereocenters. The second kappa shape index (κ2) is 8.46. The fraction of sp³-hybridized carbons (Fsp3) is 0.500. The van der Waals surface area contributed by atoms with Crippen molar-refractivity contribution in [2.75, 3.05) is 0 Å². The van der Waals surface area contributed by atoms with E-state index in [1.165, 1.54) is 0 Å². The number of benzene rings is 1. The van der Waals surface area contributed by atoms with Crippen LogP contribution in [0, 0.1) is 0 Å². The molecule has 1 saturated heterocycles. The van der Waals surface area contributed by atoms with Crippen LogP contribution in [0.25, 0.3) is 0 Å². The molecule has 1 amide bonds. The van der Waals surface area contributed by atoms with E-state index >= 15 is 0 Å². The third-order valence-electron chi connectivity index (χ3n) is 4.00. The normalized spacial score (nSPS) is 20.1. The van der Waals surface area contributed by atoms with Gasteiger partial charge in [0.2, 0.25) is 5.91 Å². The molecule has 0 bridgehead atoms. The van der Waals surface area contributed by atoms with Crippen LogP contribution in [0.2, 0.25) is 0 Å². The number of Topliss-reactive ketones (excluding diaryl/α,β-unsaturated/α-hetero) is 1. The molecule has 0 spiro atoms. The van der Waals surface area contributed by atoms with Crippen LogP contribution in [0.1, 0.15) is 57.1 Å². The van der Waals surface area contributed by atoms with Crippen LogP contribution in [0.5, 0.6) is 0 Å². The summed E-state index contributed by atoms with van der Waals surface area (Å²) < 4.78 is 5.33. The number of hydrogen-bond acceptors (Lipinski definition) is 4. The largest absolute Gasteiger partial charge is 0.456 e. The Hall–Kier alpha value is -2.17. The quantitative estimate of drug-likeness (QED) is 0.591. The maximum Gasteiger partial charge on any atom is 0.329 e. The molecule has 2 rings (SSSR count). The number of esters is 1. The number of unbranched alkanes of at least 4 members (excludes halogenated alkanes) is 1. The Labute approximate surface area is 136 Å². The molecule has 0 radical (unpaired) electrons. The summed E-state index contributed by atoms with van der Waals surface area (Å²) in [7, 11) is 0. The Morgan fingerprint density at radius 1 is 1.17 bits per heavy atom. The van der Waals surface area contributed by atoms with Crippen molar-refractivity contribution in [3.8, 4) is 0 Å². The van der Waals surface area contributed by atoms with Gasteiger partial charge in [0.15, 0.2) is 0 Å². The van der Waals surface area contributed by atoms with Crippen molar-refractivity contribution < 1.29 is 19.1 Å². The van der Waals surface area contributed by atoms with Gasteiger partial charge in [-0.2, -0.15) is 0 Å². The lowest BCUT2D eigenvalue weighted by atomic mass is 10.0. The minimum absolute atomic E-state index is 0.162. The minimum Gasteiger partial charge on any atom is -0.456 e. The van der Waals surface area contributed by atoms with Gasteiger partial charge < -0.3 is 10.1 Å². The second-order valence-electron chi connectivity index (χ2n) is 5.79. The predicted molar refractivity (Wildman–Crippen MR) is 85.6 cm³/mol. The van der Waals surface area contributed by atoms with Gasteiger partial charge in [0.25, 0.3) is 0 Å². The van der Waals surface area contributed by atoms with E-state index in [9.17, 15) is 14.4 Å². The van der Waals surface area contributed by atoms with E-state index in [0.29, 0.717) is 38.5 Å². The van der Waals surface area contributed by atoms with Crippen LogP contribution >= 0.6 is 0 Å². The molecule has 23 heavy (non-hydrogen) atoms. The molecule has 0 aromatic heterocycles. The maximum atomic E-state index is 11.9. The zero-order valence-electron chi connectivity index (χ0n) is 13.4. The molecule has 1 heterocycles. The zero-order valence-corrected chi connectivity index (χ0v) is 13.4. The summed E-state index contributed by atoms with van der Waals surface area (Å²) in [5.74, 6) is -0.326. The molecule has 1 fully saturated rings. The average molecular weight is 317 g/mol. The Morgan fingerprint density at radius 2 is 1.87 bits per heavy atom. The van der Waals surface area contributed by atoms with Crippen molar-refractivity contribution in [3.05, 3.63) is 35.9 Å². The van der Waals surface area contributed by atoms with Crippen LogP contribution in [0.3, 0.4) is 0 Å². The van der Waals surface area contributed by atoms with E-state index in [4.69, 9.17) is 4.74 Å². The van der Waals surface area contributed by atoms with E-state index in [-0.39, 0.29) is 23.8 Å². The number of cyclic esters (lactones) is 1. The summed E-state index contributed by atoms with van der Waals surface area (Å²) in [6.45, 7) is 1.84. The van der Waals surface area contributed by atoms with Gasteiger partial charge in [-0.05, 0) is 18.4 Å². The lowest BCUT2D eigenvalue weighted by Gasteiger charge is -2.09. The maximum absolute atomic E-state index is 11.9. The number of hydrogen-bond donors (Lipinski definition) is 1. The number of carbonyl (C=O) groups is 3. The van der Waals surface area contributed by atoms with Crippen LogP contribution in [0.4, 0.5) is 0 Å². The highest BCUT2D eigenvalue weighted by Crippen LogP contribution is 2.29. The Morgan fingerprint density at radius 3 is 2.57 bits per heavy atom. The van der Waals surface area contributed by atoms with E-state index < -0.39 is 6.04 Å². The number of carbonyl (C=O) groups excluding carboxylic acids is 3. The molecular formula is C18H23NO4. The molecule has 5 nitrogen and oxygen atoms in total. The SMILES string of the molecule is CCC(=O)CCCCC(=O)N[C@H]1C[C@H](c2ccccc2)OC1=O. The average Bonchev–Trinajstić information content (AvgIpc) is 2.93. The van der Waals surface area contributed by atoms with Gasteiger partial charge in [-0.25, -0.2) is 4.79 Å². The first-order valence-electron chi connectivity index (χ1n) is 8.16. The summed E-state index contributed by atoms with van der Waals surface area (Å²) in [6, 6.07) is 8.94. The smallest absolute Gasteiger partial charge is 0.329 e. The number of rotatable bonds is 8. The first-order chi connectivity index (χ1) is 11.1. The van der Waals surface area contributed by atoms with Crippen LogP contribution in [-0.2, 0) is 19.1 Å². The molecule has 0 saturated carbocycles. The molecule has 0 aliphatic carbocycles. The van der Waals surface area contributed by atoms with Crippen LogP contribution in [0.15, 0.2) is 30.3 Å². The van der Waals surface area contributed by atoms with Gasteiger partial charge in [-0.15, -0.1) is 0 Å². The summed E-state index contributed by atoms with van der Waals surface area (Å²) in [5, 5.41) is 2.73. The molecule has 5 heteroatoms. The van der Waals surface area contributed by atoms with Crippen molar-refractivity contribution in [3.63, 3.8) is 0 Å². The standard InChI is InChI=1S/C18H23NO4/c1-2-14(20)10-6-7-11-17(21)19-15-12-16(23-18(15)22)13-8-4-3-5-9-13/h3-5,8-9,15-16H,2,6-7,10-12H2,1H3,(H,19,21)/t15-,16+/m0/s1. The summed E-state index contributed by atoms with van der Waals surface area (Å²) in [5.41, 5.74) is 0.940. The van der Waals surface area contributed by atoms with Crippen LogP contribution in [-0.4, -0.2) is 23.7 Å². The van der Waals surface area contributed by atoms with E-state index in [2.05, 4.69) is 5.32 Å². The molecule has 124 valence electrons. The van der Waals surface area contributed by atoms with Gasteiger partial charge in [0, 0.05) is 25.7 Å². The third-order valence-corrected chi connectivity index (χ3v) is 4.00. The molecule has 1 aromatic carbocycles. The van der Waals surface area contributed by atoms with Gasteiger partial charge in [0.05, 0.1) is 0 Å². The first-order valence-corrected chi connectivity index (χ1v) is 8.16. The van der Waals surface area contributed by atoms with Gasteiger partial charge in [-0.1, -0.05) is 37.3 Å². The predicted octanol–water partition coefficient (Wildman–Crippen LogP) is 2.70. The molecule has 1 N–H and O–H groups in total. The highest BCUT2D eigenvalue weighted by molar-refractivity contribution is 5.85. The molecule has 1 aromatic rings. The highest BCUT2D eigenvalue weighted by Gasteiger charge is 2.36. The van der Waals surface area contributed by atoms with Gasteiger partial charge >= 0.3 is 5.97 Å². The number of ether oxygens (including phenoxy) is 1. The van der Waals surface area contributed by atoms with Gasteiger partial charge in [-0.3, -0.25) is 9.59 Å². The lowest BCUT2D eigenvalue weighted by Crippen LogP contribution is -2.37. The summed E-state index contributed by atoms with van der Waals surface area (Å²) in [4.78, 5) is 35.0. The Bertz CT molecular complexity index is 555. The number of nitrogens with one attached hydrogen (secondary N) is 1. The van der Waals surface area contributed by atoms with E-state index in [0.717, 1.165) is 5.56 Å². The summed E-state index contributed by atoms with van der Waals surface area (Å²) >= 11 is 0. The molecule has 1 aliphatic rings. The molecular weight excluding hydrogens is 294 g/mol. The monoisotopic (exact) mass is 317 g/mol. The van der Waals surface area contributed by atoms with Crippen molar-refractivity contribution in [1.82, 2.24) is 5.32 Å². The van der Waals surface area contributed by atoms with Crippen molar-refractivity contribution in [2.24, 2.45) is 0 Å². The van der Waals surface area contributed by atoms with Crippen molar-refractivity contribution in [1.29, 1.82) is 0 Å². The Balaban J connectivity index is 1.74. The molecule has 2 atom stereocenters. The van der Waals surface area contributed by atoms with Crippen molar-refractivity contribution >= 4 is 17.7 Å². The highest BCUT2D eigenvalue weighted by atomic mass is 16.6. The summed E-state index contributed by atoms with van der Waals surface area (Å²) in [6.07, 6.45) is 2.92. The van der Waals surface area contributed by atoms with Crippen LogP contribution < -0.4 is 5.32 Å². The number of amides is 1. The second-order valence-corrected chi connectivity index (χ2v) is 5.79. The van der Waals surface area contributed by atoms with Gasteiger partial charge in [0.1, 0.15) is 17.9 Å². The zero-order chi connectivity index (χ0) is 16.7. The Kier molecular flexibility index (Phi) is 6.32. The first kappa shape index (κ1) is 17.2. The van der Waals surface area contributed by atoms with E-state index in [1.807, 2.05) is 37.3 Å².